The van der Waals surface area contributed by atoms with Gasteiger partial charge in [0.15, 0.2) is 11.0 Å². The summed E-state index contributed by atoms with van der Waals surface area (Å²) in [5.74, 6) is 0.385. The van der Waals surface area contributed by atoms with Crippen molar-refractivity contribution in [2.75, 3.05) is 19.8 Å². The van der Waals surface area contributed by atoms with E-state index in [0.717, 1.165) is 15.6 Å². The zero-order valence-electron chi connectivity index (χ0n) is 18.5. The maximum Gasteiger partial charge on any atom is 0.316 e. The van der Waals surface area contributed by atoms with E-state index in [1.165, 1.54) is 38.0 Å². The quantitative estimate of drug-likeness (QED) is 0.254. The summed E-state index contributed by atoms with van der Waals surface area (Å²) < 4.78 is 37.7. The van der Waals surface area contributed by atoms with Crippen molar-refractivity contribution < 1.29 is 22.4 Å². The molecule has 11 heteroatoms. The van der Waals surface area contributed by atoms with Crippen LogP contribution < -0.4 is 0 Å². The summed E-state index contributed by atoms with van der Waals surface area (Å²) in [5.41, 5.74) is 1.77. The van der Waals surface area contributed by atoms with Crippen LogP contribution in [0.2, 0.25) is 0 Å². The molecular weight excluding hydrogens is 476 g/mol. The van der Waals surface area contributed by atoms with Crippen molar-refractivity contribution in [1.29, 1.82) is 0 Å². The van der Waals surface area contributed by atoms with Gasteiger partial charge in [-0.1, -0.05) is 60.3 Å². The van der Waals surface area contributed by atoms with Gasteiger partial charge in [-0.15, -0.1) is 10.2 Å². The van der Waals surface area contributed by atoms with Crippen LogP contribution in [-0.4, -0.2) is 53.3 Å². The SMILES string of the molecule is CN(C)S(=O)(=O)c1ccc(COC(=O)CSc2nnc(-c3ccccc3)n2-c2ccccc2)o1. The van der Waals surface area contributed by atoms with E-state index >= 15 is 0 Å². The van der Waals surface area contributed by atoms with Crippen LogP contribution in [0.15, 0.2) is 87.5 Å². The molecule has 0 aliphatic rings. The minimum absolute atomic E-state index is 0.0106. The fourth-order valence-electron chi connectivity index (χ4n) is 3.02. The van der Waals surface area contributed by atoms with Crippen molar-refractivity contribution in [3.05, 3.63) is 78.6 Å². The van der Waals surface area contributed by atoms with Gasteiger partial charge in [0.05, 0.1) is 5.75 Å². The van der Waals surface area contributed by atoms with Gasteiger partial charge in [-0.2, -0.15) is 0 Å². The van der Waals surface area contributed by atoms with Gasteiger partial charge in [-0.3, -0.25) is 9.36 Å². The Hall–Kier alpha value is -3.41. The lowest BCUT2D eigenvalue weighted by atomic mass is 10.2. The first-order chi connectivity index (χ1) is 16.4. The first kappa shape index (κ1) is 23.7. The number of nitrogens with zero attached hydrogens (tertiary/aromatic N) is 4. The number of ether oxygens (including phenoxy) is 1. The van der Waals surface area contributed by atoms with Gasteiger partial charge >= 0.3 is 5.97 Å². The van der Waals surface area contributed by atoms with Gasteiger partial charge < -0.3 is 9.15 Å². The maximum absolute atomic E-state index is 12.4. The van der Waals surface area contributed by atoms with Gasteiger partial charge in [0.25, 0.3) is 10.0 Å². The minimum Gasteiger partial charge on any atom is -0.457 e. The second-order valence-electron chi connectivity index (χ2n) is 7.30. The maximum atomic E-state index is 12.4. The van der Waals surface area contributed by atoms with Crippen LogP contribution in [-0.2, 0) is 26.2 Å². The van der Waals surface area contributed by atoms with Crippen molar-refractivity contribution in [2.24, 2.45) is 0 Å². The van der Waals surface area contributed by atoms with Gasteiger partial charge in [0.1, 0.15) is 12.4 Å². The summed E-state index contributed by atoms with van der Waals surface area (Å²) >= 11 is 1.20. The molecule has 4 rings (SSSR count). The molecule has 0 aliphatic heterocycles. The smallest absolute Gasteiger partial charge is 0.316 e. The number of para-hydroxylation sites is 1. The molecule has 0 bridgehead atoms. The van der Waals surface area contributed by atoms with E-state index in [0.29, 0.717) is 11.0 Å². The van der Waals surface area contributed by atoms with E-state index in [2.05, 4.69) is 10.2 Å². The van der Waals surface area contributed by atoms with Gasteiger partial charge in [-0.25, -0.2) is 12.7 Å². The molecule has 0 radical (unpaired) electrons. The number of carbonyl (C=O) groups is 1. The first-order valence-electron chi connectivity index (χ1n) is 10.2. The summed E-state index contributed by atoms with van der Waals surface area (Å²) in [5, 5.41) is 8.96. The van der Waals surface area contributed by atoms with E-state index < -0.39 is 16.0 Å². The predicted octanol–water partition coefficient (Wildman–Crippen LogP) is 3.61. The molecule has 0 fully saturated rings. The minimum atomic E-state index is -3.69. The molecule has 0 atom stereocenters. The summed E-state index contributed by atoms with van der Waals surface area (Å²) in [4.78, 5) is 12.4. The monoisotopic (exact) mass is 498 g/mol. The predicted molar refractivity (Wildman–Crippen MR) is 127 cm³/mol. The molecule has 0 saturated carbocycles. The Balaban J connectivity index is 1.44. The highest BCUT2D eigenvalue weighted by molar-refractivity contribution is 7.99. The second-order valence-corrected chi connectivity index (χ2v) is 10.3. The molecule has 176 valence electrons. The molecule has 0 N–H and O–H groups in total. The molecule has 34 heavy (non-hydrogen) atoms. The summed E-state index contributed by atoms with van der Waals surface area (Å²) in [6.07, 6.45) is 0. The zero-order valence-corrected chi connectivity index (χ0v) is 20.1. The van der Waals surface area contributed by atoms with Crippen molar-refractivity contribution in [3.63, 3.8) is 0 Å². The van der Waals surface area contributed by atoms with Crippen LogP contribution >= 0.6 is 11.8 Å². The Labute approximate surface area is 201 Å². The lowest BCUT2D eigenvalue weighted by Gasteiger charge is -2.10. The second kappa shape index (κ2) is 10.2. The Kier molecular flexibility index (Phi) is 7.15. The number of benzene rings is 2. The highest BCUT2D eigenvalue weighted by Gasteiger charge is 2.22. The van der Waals surface area contributed by atoms with Crippen LogP contribution in [0.1, 0.15) is 5.76 Å². The molecule has 2 heterocycles. The lowest BCUT2D eigenvalue weighted by molar-refractivity contribution is -0.142. The Morgan fingerprint density at radius 1 is 1.00 bits per heavy atom. The fourth-order valence-corrected chi connectivity index (χ4v) is 4.58. The molecule has 0 aliphatic carbocycles. The third kappa shape index (κ3) is 5.22. The van der Waals surface area contributed by atoms with Crippen molar-refractivity contribution >= 4 is 27.8 Å². The zero-order chi connectivity index (χ0) is 24.1. The van der Waals surface area contributed by atoms with Crippen LogP contribution in [0.25, 0.3) is 17.1 Å². The van der Waals surface area contributed by atoms with Gasteiger partial charge in [0.2, 0.25) is 5.09 Å². The topological polar surface area (TPSA) is 108 Å². The van der Waals surface area contributed by atoms with Crippen LogP contribution in [0.3, 0.4) is 0 Å². The Morgan fingerprint density at radius 2 is 1.68 bits per heavy atom. The first-order valence-corrected chi connectivity index (χ1v) is 12.6. The Morgan fingerprint density at radius 3 is 2.35 bits per heavy atom. The molecule has 0 spiro atoms. The molecule has 0 saturated heterocycles. The van der Waals surface area contributed by atoms with E-state index in [-0.39, 0.29) is 23.2 Å². The number of rotatable bonds is 9. The summed E-state index contributed by atoms with van der Waals surface area (Å²) in [7, 11) is -0.871. The lowest BCUT2D eigenvalue weighted by Crippen LogP contribution is -2.21. The number of aromatic nitrogens is 3. The summed E-state index contributed by atoms with van der Waals surface area (Å²) in [6, 6.07) is 22.1. The van der Waals surface area contributed by atoms with E-state index in [1.807, 2.05) is 65.2 Å². The third-order valence-electron chi connectivity index (χ3n) is 4.75. The van der Waals surface area contributed by atoms with E-state index in [9.17, 15) is 13.2 Å². The van der Waals surface area contributed by atoms with Gasteiger partial charge in [-0.05, 0) is 24.3 Å². The molecule has 0 unspecified atom stereocenters. The molecule has 2 aromatic carbocycles. The number of sulfonamides is 1. The number of carbonyl (C=O) groups excluding carboxylic acids is 1. The average Bonchev–Trinajstić information content (AvgIpc) is 3.50. The highest BCUT2D eigenvalue weighted by Crippen LogP contribution is 2.28. The highest BCUT2D eigenvalue weighted by atomic mass is 32.2. The average molecular weight is 499 g/mol. The number of thioether (sulfide) groups is 1. The number of hydrogen-bond donors (Lipinski definition) is 0. The molecule has 9 nitrogen and oxygen atoms in total. The largest absolute Gasteiger partial charge is 0.457 e. The summed E-state index contributed by atoms with van der Waals surface area (Å²) in [6.45, 7) is -0.178. The van der Waals surface area contributed by atoms with Crippen LogP contribution in [0, 0.1) is 0 Å². The van der Waals surface area contributed by atoms with E-state index in [1.54, 1.807) is 0 Å². The molecular formula is C23H22N4O5S2. The van der Waals surface area contributed by atoms with Crippen LogP contribution in [0.5, 0.6) is 0 Å². The van der Waals surface area contributed by atoms with Crippen LogP contribution in [0.4, 0.5) is 0 Å². The van der Waals surface area contributed by atoms with Crippen molar-refractivity contribution in [1.82, 2.24) is 19.1 Å². The standard InChI is InChI=1S/C23H22N4O5S2/c1-26(2)34(29,30)21-14-13-19(32-21)15-31-20(28)16-33-23-25-24-22(17-9-5-3-6-10-17)27(23)18-11-7-4-8-12-18/h3-14H,15-16H2,1-2H3. The van der Waals surface area contributed by atoms with Crippen molar-refractivity contribution in [2.45, 2.75) is 16.9 Å². The van der Waals surface area contributed by atoms with Crippen molar-refractivity contribution in [3.8, 4) is 17.1 Å². The molecule has 2 aromatic heterocycles. The number of furan rings is 1. The third-order valence-corrected chi connectivity index (χ3v) is 7.34. The molecule has 0 amide bonds. The Bertz CT molecular complexity index is 1370. The number of esters is 1. The van der Waals surface area contributed by atoms with E-state index in [4.69, 9.17) is 9.15 Å². The molecule has 4 aromatic rings. The fraction of sp³-hybridized carbons (Fsp3) is 0.174. The number of hydrogen-bond acceptors (Lipinski definition) is 8. The normalized spacial score (nSPS) is 11.6. The van der Waals surface area contributed by atoms with Gasteiger partial charge in [0, 0.05) is 25.3 Å².